The van der Waals surface area contributed by atoms with Crippen molar-refractivity contribution in [3.63, 3.8) is 0 Å². The van der Waals surface area contributed by atoms with Gasteiger partial charge in [0.05, 0.1) is 4.90 Å². The van der Waals surface area contributed by atoms with E-state index in [0.717, 1.165) is 24.3 Å². The molecule has 0 aromatic heterocycles. The average Bonchev–Trinajstić information content (AvgIpc) is 1.86. The third-order valence-electron chi connectivity index (χ3n) is 1.11. The van der Waals surface area contributed by atoms with Gasteiger partial charge in [-0.05, 0) is 12.1 Å². The molecule has 0 heterocycles. The zero-order valence-electron chi connectivity index (χ0n) is 6.80. The van der Waals surface area contributed by atoms with E-state index in [0.29, 0.717) is 0 Å². The van der Waals surface area contributed by atoms with Gasteiger partial charge >= 0.3 is 0 Å². The van der Waals surface area contributed by atoms with Gasteiger partial charge in [-0.2, -0.15) is 0 Å². The van der Waals surface area contributed by atoms with Gasteiger partial charge in [0.15, 0.2) is 0 Å². The summed E-state index contributed by atoms with van der Waals surface area (Å²) in [6.07, 6.45) is 0. The van der Waals surface area contributed by atoms with Gasteiger partial charge in [-0.15, -0.1) is 5.75 Å². The van der Waals surface area contributed by atoms with Gasteiger partial charge in [-0.25, -0.2) is 8.42 Å². The Labute approximate surface area is 99.9 Å². The first-order valence-corrected chi connectivity index (χ1v) is 4.14. The standard InChI is InChI=1S/C6H6O4S.2H2O.Sb.H2/c7-5-1-3-6(4-2-5)11(8,9)10;;;;/h1-4,7H,(H,8,9,10);2*1H2;;1H/p-2. The molecule has 8 heteroatoms. The topological polar surface area (TPSA) is 143 Å². The van der Waals surface area contributed by atoms with Gasteiger partial charge < -0.3 is 20.6 Å². The number of hydrogen-bond acceptors (Lipinski definition) is 4. The maximum Gasteiger partial charge on any atom is 0.124 e. The van der Waals surface area contributed by atoms with Gasteiger partial charge in [0.25, 0.3) is 0 Å². The molecule has 3 radical (unpaired) electrons. The maximum atomic E-state index is 10.5. The second kappa shape index (κ2) is 7.03. The quantitative estimate of drug-likeness (QED) is 0.428. The van der Waals surface area contributed by atoms with Gasteiger partial charge in [0, 0.05) is 25.9 Å². The third-order valence-corrected chi connectivity index (χ3v) is 1.96. The molecule has 14 heavy (non-hydrogen) atoms. The molecule has 1 aromatic carbocycles. The maximum absolute atomic E-state index is 10.5. The zero-order valence-corrected chi connectivity index (χ0v) is 10.2. The Morgan fingerprint density at radius 1 is 1.07 bits per heavy atom. The first kappa shape index (κ1) is 19.3. The van der Waals surface area contributed by atoms with Crippen LogP contribution in [0.1, 0.15) is 1.43 Å². The van der Waals surface area contributed by atoms with Crippen LogP contribution in [0.25, 0.3) is 0 Å². The molecule has 0 aliphatic carbocycles. The van der Waals surface area contributed by atoms with Crippen molar-refractivity contribution in [2.45, 2.75) is 4.90 Å². The molecule has 0 unspecified atom stereocenters. The van der Waals surface area contributed by atoms with Crippen molar-refractivity contribution in [1.82, 2.24) is 0 Å². The van der Waals surface area contributed by atoms with Crippen LogP contribution in [0, 0.1) is 0 Å². The Bertz CT molecular complexity index is 350. The van der Waals surface area contributed by atoms with Crippen molar-refractivity contribution >= 4 is 34.5 Å². The van der Waals surface area contributed by atoms with E-state index in [1.54, 1.807) is 0 Å². The van der Waals surface area contributed by atoms with E-state index >= 15 is 0 Å². The van der Waals surface area contributed by atoms with Crippen LogP contribution in [-0.2, 0) is 10.1 Å². The van der Waals surface area contributed by atoms with Crippen molar-refractivity contribution in [1.29, 1.82) is 0 Å². The largest absolute Gasteiger partial charge is 0.872 e. The smallest absolute Gasteiger partial charge is 0.124 e. The molecule has 0 spiro atoms. The molecule has 0 saturated heterocycles. The first-order valence-electron chi connectivity index (χ1n) is 2.73. The average molecular weight is 332 g/mol. The van der Waals surface area contributed by atoms with Crippen LogP contribution >= 0.6 is 0 Å². The summed E-state index contributed by atoms with van der Waals surface area (Å²) in [7, 11) is -4.41. The minimum atomic E-state index is -4.41. The molecule has 6 nitrogen and oxygen atoms in total. The summed E-state index contributed by atoms with van der Waals surface area (Å²) in [4.78, 5) is -0.378. The Hall–Kier alpha value is -0.332. The summed E-state index contributed by atoms with van der Waals surface area (Å²) < 4.78 is 30.9. The van der Waals surface area contributed by atoms with Gasteiger partial charge in [0.1, 0.15) is 10.1 Å². The van der Waals surface area contributed by atoms with E-state index in [1.165, 1.54) is 0 Å². The second-order valence-corrected chi connectivity index (χ2v) is 3.31. The van der Waals surface area contributed by atoms with E-state index in [4.69, 9.17) is 0 Å². The normalized spacial score (nSPS) is 8.93. The molecule has 0 bridgehead atoms. The van der Waals surface area contributed by atoms with Crippen molar-refractivity contribution in [2.75, 3.05) is 0 Å². The Morgan fingerprint density at radius 3 is 1.71 bits per heavy atom. The van der Waals surface area contributed by atoms with Gasteiger partial charge in [-0.3, -0.25) is 0 Å². The monoisotopic (exact) mass is 331 g/mol. The summed E-state index contributed by atoms with van der Waals surface area (Å²) in [5, 5.41) is 10.5. The molecular weight excluding hydrogens is 322 g/mol. The van der Waals surface area contributed by atoms with E-state index in [-0.39, 0.29) is 47.5 Å². The second-order valence-electron chi connectivity index (χ2n) is 1.93. The molecule has 1 rings (SSSR count). The van der Waals surface area contributed by atoms with E-state index in [1.807, 2.05) is 0 Å². The van der Waals surface area contributed by atoms with Crippen LogP contribution in [-0.4, -0.2) is 48.4 Å². The molecule has 4 N–H and O–H groups in total. The molecule has 0 fully saturated rings. The fourth-order valence-electron chi connectivity index (χ4n) is 0.606. The van der Waals surface area contributed by atoms with Crippen LogP contribution in [0.2, 0.25) is 0 Å². The molecular formula is C6H10O6SSb-2. The van der Waals surface area contributed by atoms with Crippen molar-refractivity contribution in [3.05, 3.63) is 24.3 Å². The van der Waals surface area contributed by atoms with Crippen LogP contribution in [0.4, 0.5) is 0 Å². The van der Waals surface area contributed by atoms with Crippen molar-refractivity contribution in [2.24, 2.45) is 0 Å². The minimum absolute atomic E-state index is 0. The predicted octanol–water partition coefficient (Wildman–Crippen LogP) is -2.12. The Kier molecular flexibility index (Phi) is 9.67. The molecule has 0 aliphatic rings. The van der Waals surface area contributed by atoms with Crippen LogP contribution in [0.15, 0.2) is 29.2 Å². The van der Waals surface area contributed by atoms with Crippen LogP contribution < -0.4 is 5.11 Å². The summed E-state index contributed by atoms with van der Waals surface area (Å²) in [6, 6.07) is 4.05. The molecule has 1 aromatic rings. The Morgan fingerprint density at radius 2 is 1.43 bits per heavy atom. The summed E-state index contributed by atoms with van der Waals surface area (Å²) in [5.41, 5.74) is 0. The summed E-state index contributed by atoms with van der Waals surface area (Å²) in [6.45, 7) is 0. The van der Waals surface area contributed by atoms with E-state index in [9.17, 15) is 18.1 Å². The predicted molar refractivity (Wildman–Crippen MR) is 48.9 cm³/mol. The zero-order chi connectivity index (χ0) is 8.48. The third kappa shape index (κ3) is 5.41. The molecule has 0 aliphatic heterocycles. The van der Waals surface area contributed by atoms with Crippen LogP contribution in [0.3, 0.4) is 0 Å². The number of rotatable bonds is 1. The number of hydrogen-bond donors (Lipinski definition) is 0. The Balaban J connectivity index is -0.000000151. The first-order chi connectivity index (χ1) is 5.00. The fraction of sp³-hybridized carbons (Fsp3) is 0. The number of benzene rings is 1. The fourth-order valence-corrected chi connectivity index (χ4v) is 1.08. The van der Waals surface area contributed by atoms with E-state index < -0.39 is 10.1 Å². The van der Waals surface area contributed by atoms with Gasteiger partial charge in [0.2, 0.25) is 0 Å². The molecule has 0 amide bonds. The van der Waals surface area contributed by atoms with Crippen LogP contribution in [0.5, 0.6) is 5.75 Å². The summed E-state index contributed by atoms with van der Waals surface area (Å²) >= 11 is 0. The van der Waals surface area contributed by atoms with Crippen molar-refractivity contribution in [3.8, 4) is 5.75 Å². The minimum Gasteiger partial charge on any atom is -0.872 e. The summed E-state index contributed by atoms with van der Waals surface area (Å²) in [5.74, 6) is -0.322. The molecule has 0 saturated carbocycles. The molecule has 83 valence electrons. The van der Waals surface area contributed by atoms with Gasteiger partial charge in [-0.1, -0.05) is 12.1 Å². The SMILES string of the molecule is O.O.O=S(=O)([O-])c1ccc([O-])cc1.[HH].[Sb]. The van der Waals surface area contributed by atoms with Crippen molar-refractivity contribution < 1.29 is 30.5 Å². The molecule has 0 atom stereocenters. The van der Waals surface area contributed by atoms with E-state index in [2.05, 4.69) is 0 Å².